The fourth-order valence-electron chi connectivity index (χ4n) is 3.88. The Balaban J connectivity index is 1.39. The fraction of sp³-hybridized carbons (Fsp3) is 0.348. The molecule has 0 spiro atoms. The van der Waals surface area contributed by atoms with Crippen molar-refractivity contribution in [1.82, 2.24) is 9.80 Å². The van der Waals surface area contributed by atoms with Crippen molar-refractivity contribution in [3.05, 3.63) is 77.5 Å². The Labute approximate surface area is 166 Å². The van der Waals surface area contributed by atoms with Crippen LogP contribution in [0.4, 0.5) is 0 Å². The molecular weight excluding hydrogens is 352 g/mol. The number of fused-ring (bicyclic) bond motifs is 1. The first-order valence-electron chi connectivity index (χ1n) is 9.80. The van der Waals surface area contributed by atoms with E-state index in [-0.39, 0.29) is 5.91 Å². The van der Waals surface area contributed by atoms with Crippen LogP contribution in [0.5, 0.6) is 5.75 Å². The number of carbonyl (C=O) groups is 1. The van der Waals surface area contributed by atoms with E-state index < -0.39 is 0 Å². The molecule has 146 valence electrons. The number of amides is 1. The quantitative estimate of drug-likeness (QED) is 0.780. The topological polar surface area (TPSA) is 42.0 Å². The van der Waals surface area contributed by atoms with Gasteiger partial charge in [0.25, 0.3) is 0 Å². The predicted octanol–water partition coefficient (Wildman–Crippen LogP) is 3.89. The zero-order valence-corrected chi connectivity index (χ0v) is 16.3. The van der Waals surface area contributed by atoms with E-state index in [0.29, 0.717) is 6.54 Å². The summed E-state index contributed by atoms with van der Waals surface area (Å²) < 4.78 is 11.1. The van der Waals surface area contributed by atoms with Crippen LogP contribution in [0, 0.1) is 0 Å². The van der Waals surface area contributed by atoms with Gasteiger partial charge in [0.2, 0.25) is 5.91 Å². The minimum absolute atomic E-state index is 0.0490. The molecule has 0 atom stereocenters. The van der Waals surface area contributed by atoms with Crippen molar-refractivity contribution in [2.75, 3.05) is 20.2 Å². The Hall–Kier alpha value is -2.79. The Morgan fingerprint density at radius 2 is 2.21 bits per heavy atom. The molecule has 1 aromatic carbocycles. The minimum Gasteiger partial charge on any atom is -0.496 e. The lowest BCUT2D eigenvalue weighted by atomic mass is 9.99. The second-order valence-electron chi connectivity index (χ2n) is 7.33. The summed E-state index contributed by atoms with van der Waals surface area (Å²) in [6.45, 7) is 1.97. The second-order valence-corrected chi connectivity index (χ2v) is 7.33. The first kappa shape index (κ1) is 18.6. The lowest BCUT2D eigenvalue weighted by molar-refractivity contribution is -0.128. The number of allylic oxidation sites excluding steroid dienone is 4. The number of hydrogen-bond acceptors (Lipinski definition) is 4. The third kappa shape index (κ3) is 4.20. The largest absolute Gasteiger partial charge is 0.496 e. The summed E-state index contributed by atoms with van der Waals surface area (Å²) in [5, 5.41) is 0. The molecule has 28 heavy (non-hydrogen) atoms. The summed E-state index contributed by atoms with van der Waals surface area (Å²) >= 11 is 0. The van der Waals surface area contributed by atoms with Gasteiger partial charge in [-0.05, 0) is 30.9 Å². The molecule has 2 aliphatic heterocycles. The predicted molar refractivity (Wildman–Crippen MR) is 108 cm³/mol. The van der Waals surface area contributed by atoms with Crippen LogP contribution in [-0.2, 0) is 22.5 Å². The highest BCUT2D eigenvalue weighted by molar-refractivity contribution is 5.80. The fourth-order valence-corrected chi connectivity index (χ4v) is 3.88. The SMILES string of the molecule is COc1cccc2c1CN(CC(=O)N1C=COC(CC3=CC=CCC3)=C1)CC2. The summed E-state index contributed by atoms with van der Waals surface area (Å²) in [5.41, 5.74) is 3.83. The first-order chi connectivity index (χ1) is 13.7. The average molecular weight is 378 g/mol. The van der Waals surface area contributed by atoms with Crippen molar-refractivity contribution < 1.29 is 14.3 Å². The van der Waals surface area contributed by atoms with Gasteiger partial charge in [-0.1, -0.05) is 35.9 Å². The van der Waals surface area contributed by atoms with Crippen molar-refractivity contribution in [2.24, 2.45) is 0 Å². The molecule has 1 aromatic rings. The maximum atomic E-state index is 12.8. The van der Waals surface area contributed by atoms with Gasteiger partial charge in [-0.25, -0.2) is 0 Å². The van der Waals surface area contributed by atoms with Gasteiger partial charge in [-0.3, -0.25) is 14.6 Å². The van der Waals surface area contributed by atoms with E-state index in [1.54, 1.807) is 24.5 Å². The maximum absolute atomic E-state index is 12.8. The van der Waals surface area contributed by atoms with Gasteiger partial charge in [-0.15, -0.1) is 0 Å². The zero-order chi connectivity index (χ0) is 19.3. The van der Waals surface area contributed by atoms with Crippen molar-refractivity contribution in [1.29, 1.82) is 0 Å². The summed E-state index contributed by atoms with van der Waals surface area (Å²) in [6.07, 6.45) is 15.3. The van der Waals surface area contributed by atoms with Gasteiger partial charge in [0.05, 0.1) is 19.9 Å². The van der Waals surface area contributed by atoms with E-state index in [4.69, 9.17) is 9.47 Å². The Kier molecular flexibility index (Phi) is 5.63. The van der Waals surface area contributed by atoms with Crippen LogP contribution in [0.3, 0.4) is 0 Å². The van der Waals surface area contributed by atoms with Gasteiger partial charge in [0.15, 0.2) is 0 Å². The van der Waals surface area contributed by atoms with Gasteiger partial charge in [-0.2, -0.15) is 0 Å². The highest BCUT2D eigenvalue weighted by Gasteiger charge is 2.23. The molecular formula is C23H26N2O3. The molecule has 5 heteroatoms. The standard InChI is InChI=1S/C23H26N2O3/c1-27-22-9-5-8-19-10-11-24(16-21(19)22)17-23(26)25-12-13-28-20(15-25)14-18-6-3-2-4-7-18/h2-3,5-6,8-9,12-13,15H,4,7,10-11,14,16-17H2,1H3. The highest BCUT2D eigenvalue weighted by Crippen LogP contribution is 2.28. The molecule has 4 rings (SSSR count). The van der Waals surface area contributed by atoms with Crippen LogP contribution in [0.15, 0.2) is 66.4 Å². The van der Waals surface area contributed by atoms with Gasteiger partial charge >= 0.3 is 0 Å². The lowest BCUT2D eigenvalue weighted by Gasteiger charge is -2.30. The first-order valence-corrected chi connectivity index (χ1v) is 9.80. The molecule has 3 aliphatic rings. The van der Waals surface area contributed by atoms with Crippen molar-refractivity contribution in [2.45, 2.75) is 32.2 Å². The second kappa shape index (κ2) is 8.48. The van der Waals surface area contributed by atoms with Crippen molar-refractivity contribution >= 4 is 5.91 Å². The molecule has 1 amide bonds. The smallest absolute Gasteiger partial charge is 0.244 e. The number of methoxy groups -OCH3 is 1. The Morgan fingerprint density at radius 3 is 3.04 bits per heavy atom. The summed E-state index contributed by atoms with van der Waals surface area (Å²) in [5.74, 6) is 1.76. The van der Waals surface area contributed by atoms with Gasteiger partial charge in [0, 0.05) is 31.3 Å². The van der Waals surface area contributed by atoms with Crippen LogP contribution < -0.4 is 4.74 Å². The Bertz CT molecular complexity index is 852. The third-order valence-electron chi connectivity index (χ3n) is 5.40. The van der Waals surface area contributed by atoms with E-state index in [0.717, 1.165) is 50.3 Å². The number of benzene rings is 1. The number of ether oxygens (including phenoxy) is 2. The van der Waals surface area contributed by atoms with Crippen LogP contribution in [0.25, 0.3) is 0 Å². The number of carbonyl (C=O) groups excluding carboxylic acids is 1. The Morgan fingerprint density at radius 1 is 1.29 bits per heavy atom. The normalized spacial score (nSPS) is 18.8. The number of nitrogens with zero attached hydrogens (tertiary/aromatic N) is 2. The number of hydrogen-bond donors (Lipinski definition) is 0. The monoisotopic (exact) mass is 378 g/mol. The summed E-state index contributed by atoms with van der Waals surface area (Å²) in [6, 6.07) is 6.16. The third-order valence-corrected chi connectivity index (χ3v) is 5.40. The molecule has 5 nitrogen and oxygen atoms in total. The van der Waals surface area contributed by atoms with Gasteiger partial charge < -0.3 is 9.47 Å². The molecule has 2 heterocycles. The van der Waals surface area contributed by atoms with Crippen molar-refractivity contribution in [3.63, 3.8) is 0 Å². The van der Waals surface area contributed by atoms with E-state index in [9.17, 15) is 4.79 Å². The zero-order valence-electron chi connectivity index (χ0n) is 16.3. The minimum atomic E-state index is 0.0490. The molecule has 1 aliphatic carbocycles. The summed E-state index contributed by atoms with van der Waals surface area (Å²) in [7, 11) is 1.70. The number of rotatable bonds is 5. The van der Waals surface area contributed by atoms with Crippen molar-refractivity contribution in [3.8, 4) is 5.75 Å². The van der Waals surface area contributed by atoms with Crippen LogP contribution in [0.1, 0.15) is 30.4 Å². The summed E-state index contributed by atoms with van der Waals surface area (Å²) in [4.78, 5) is 16.7. The van der Waals surface area contributed by atoms with E-state index in [1.807, 2.05) is 18.3 Å². The lowest BCUT2D eigenvalue weighted by Crippen LogP contribution is -2.39. The molecule has 0 fully saturated rings. The van der Waals surface area contributed by atoms with E-state index in [2.05, 4.69) is 29.2 Å². The van der Waals surface area contributed by atoms with E-state index >= 15 is 0 Å². The molecule has 0 unspecified atom stereocenters. The molecule has 0 saturated carbocycles. The van der Waals surface area contributed by atoms with E-state index in [1.165, 1.54) is 16.7 Å². The van der Waals surface area contributed by atoms with Crippen LogP contribution in [0.2, 0.25) is 0 Å². The molecule has 0 bridgehead atoms. The van der Waals surface area contributed by atoms with Crippen LogP contribution in [-0.4, -0.2) is 35.9 Å². The van der Waals surface area contributed by atoms with Crippen LogP contribution >= 0.6 is 0 Å². The molecule has 0 saturated heterocycles. The molecule has 0 aromatic heterocycles. The van der Waals surface area contributed by atoms with Gasteiger partial charge in [0.1, 0.15) is 17.8 Å². The molecule has 0 N–H and O–H groups in total. The average Bonchev–Trinajstić information content (AvgIpc) is 2.74. The molecule has 0 radical (unpaired) electrons. The highest BCUT2D eigenvalue weighted by atomic mass is 16.5. The maximum Gasteiger partial charge on any atom is 0.244 e.